The lowest BCUT2D eigenvalue weighted by Crippen LogP contribution is -2.06. The van der Waals surface area contributed by atoms with Crippen LogP contribution in [0.3, 0.4) is 0 Å². The molecular formula is C14H16BrClN2. The summed E-state index contributed by atoms with van der Waals surface area (Å²) in [7, 11) is 0. The Kier molecular flexibility index (Phi) is 2.94. The van der Waals surface area contributed by atoms with E-state index >= 15 is 0 Å². The van der Waals surface area contributed by atoms with E-state index in [1.165, 1.54) is 11.9 Å². The van der Waals surface area contributed by atoms with Crippen LogP contribution in [-0.2, 0) is 12.4 Å². The quantitative estimate of drug-likeness (QED) is 0.754. The molecule has 1 aliphatic rings. The van der Waals surface area contributed by atoms with Gasteiger partial charge in [0.2, 0.25) is 0 Å². The highest BCUT2D eigenvalue weighted by Crippen LogP contribution is 2.52. The molecule has 1 unspecified atom stereocenters. The maximum atomic E-state index is 6.02. The molecular weight excluding hydrogens is 312 g/mol. The van der Waals surface area contributed by atoms with Crippen molar-refractivity contribution in [1.29, 1.82) is 0 Å². The van der Waals surface area contributed by atoms with E-state index in [2.05, 4.69) is 45.4 Å². The molecule has 0 spiro atoms. The number of aromatic nitrogens is 2. The van der Waals surface area contributed by atoms with E-state index in [9.17, 15) is 0 Å². The Bertz CT molecular complexity index is 603. The smallest absolute Gasteiger partial charge is 0.124 e. The lowest BCUT2D eigenvalue weighted by Gasteiger charge is -2.09. The SMILES string of the molecule is CC1(C)CC1Cn1c(CCl)nc2ccc(Br)cc21. The zero-order valence-corrected chi connectivity index (χ0v) is 12.9. The predicted octanol–water partition coefficient (Wildman–Crippen LogP) is 4.58. The summed E-state index contributed by atoms with van der Waals surface area (Å²) in [6.45, 7) is 5.68. The topological polar surface area (TPSA) is 17.8 Å². The van der Waals surface area contributed by atoms with Crippen molar-refractivity contribution in [2.24, 2.45) is 11.3 Å². The van der Waals surface area contributed by atoms with Gasteiger partial charge in [0.25, 0.3) is 0 Å². The molecule has 0 amide bonds. The number of hydrogen-bond donors (Lipinski definition) is 0. The average molecular weight is 328 g/mol. The molecule has 1 fully saturated rings. The summed E-state index contributed by atoms with van der Waals surface area (Å²) in [6, 6.07) is 6.20. The van der Waals surface area contributed by atoms with Gasteiger partial charge in [0.1, 0.15) is 5.82 Å². The summed E-state index contributed by atoms with van der Waals surface area (Å²) in [4.78, 5) is 4.61. The maximum Gasteiger partial charge on any atom is 0.124 e. The van der Waals surface area contributed by atoms with E-state index in [0.29, 0.717) is 11.3 Å². The van der Waals surface area contributed by atoms with Crippen LogP contribution in [0.15, 0.2) is 22.7 Å². The molecule has 18 heavy (non-hydrogen) atoms. The molecule has 0 saturated heterocycles. The Morgan fingerprint density at radius 1 is 1.50 bits per heavy atom. The van der Waals surface area contributed by atoms with Crippen molar-refractivity contribution < 1.29 is 0 Å². The van der Waals surface area contributed by atoms with E-state index in [-0.39, 0.29) is 0 Å². The van der Waals surface area contributed by atoms with E-state index in [1.807, 2.05) is 12.1 Å². The fourth-order valence-electron chi connectivity index (χ4n) is 2.56. The summed E-state index contributed by atoms with van der Waals surface area (Å²) in [6.07, 6.45) is 1.29. The van der Waals surface area contributed by atoms with Gasteiger partial charge in [0.15, 0.2) is 0 Å². The molecule has 0 radical (unpaired) electrons. The highest BCUT2D eigenvalue weighted by Gasteiger charge is 2.45. The van der Waals surface area contributed by atoms with Gasteiger partial charge in [-0.2, -0.15) is 0 Å². The van der Waals surface area contributed by atoms with Gasteiger partial charge in [-0.3, -0.25) is 0 Å². The number of hydrogen-bond acceptors (Lipinski definition) is 1. The fraction of sp³-hybridized carbons (Fsp3) is 0.500. The fourth-order valence-corrected chi connectivity index (χ4v) is 3.11. The first kappa shape index (κ1) is 12.5. The number of imidazole rings is 1. The van der Waals surface area contributed by atoms with Crippen molar-refractivity contribution in [2.45, 2.75) is 32.7 Å². The minimum absolute atomic E-state index is 0.472. The maximum absolute atomic E-state index is 6.02. The molecule has 0 bridgehead atoms. The van der Waals surface area contributed by atoms with Crippen LogP contribution >= 0.6 is 27.5 Å². The first-order valence-electron chi connectivity index (χ1n) is 6.22. The van der Waals surface area contributed by atoms with Crippen molar-refractivity contribution in [3.63, 3.8) is 0 Å². The zero-order chi connectivity index (χ0) is 12.9. The van der Waals surface area contributed by atoms with Crippen molar-refractivity contribution in [1.82, 2.24) is 9.55 Å². The van der Waals surface area contributed by atoms with Crippen molar-refractivity contribution in [2.75, 3.05) is 0 Å². The third kappa shape index (κ3) is 2.08. The average Bonchev–Trinajstić information content (AvgIpc) is 2.78. The zero-order valence-electron chi connectivity index (χ0n) is 10.6. The molecule has 0 aliphatic heterocycles. The van der Waals surface area contributed by atoms with Crippen LogP contribution in [0.4, 0.5) is 0 Å². The summed E-state index contributed by atoms with van der Waals surface area (Å²) in [5.41, 5.74) is 2.70. The summed E-state index contributed by atoms with van der Waals surface area (Å²) < 4.78 is 3.37. The van der Waals surface area contributed by atoms with Crippen LogP contribution in [0.1, 0.15) is 26.1 Å². The lowest BCUT2D eigenvalue weighted by atomic mass is 10.1. The van der Waals surface area contributed by atoms with Gasteiger partial charge in [-0.15, -0.1) is 11.6 Å². The van der Waals surface area contributed by atoms with Gasteiger partial charge in [-0.25, -0.2) is 4.98 Å². The highest BCUT2D eigenvalue weighted by atomic mass is 79.9. The summed E-state index contributed by atoms with van der Waals surface area (Å²) in [5.74, 6) is 2.20. The van der Waals surface area contributed by atoms with Gasteiger partial charge in [0, 0.05) is 11.0 Å². The molecule has 3 rings (SSSR count). The minimum atomic E-state index is 0.472. The Morgan fingerprint density at radius 3 is 2.83 bits per heavy atom. The molecule has 1 aromatic heterocycles. The van der Waals surface area contributed by atoms with Gasteiger partial charge >= 0.3 is 0 Å². The van der Waals surface area contributed by atoms with Gasteiger partial charge < -0.3 is 4.57 Å². The summed E-state index contributed by atoms with van der Waals surface area (Å²) >= 11 is 9.55. The molecule has 2 nitrogen and oxygen atoms in total. The van der Waals surface area contributed by atoms with Crippen molar-refractivity contribution >= 4 is 38.6 Å². The number of alkyl halides is 1. The highest BCUT2D eigenvalue weighted by molar-refractivity contribution is 9.10. The summed E-state index contributed by atoms with van der Waals surface area (Å²) in [5, 5.41) is 0. The number of benzene rings is 1. The van der Waals surface area contributed by atoms with E-state index in [1.54, 1.807) is 0 Å². The van der Waals surface area contributed by atoms with Crippen molar-refractivity contribution in [3.8, 4) is 0 Å². The standard InChI is InChI=1S/C14H16BrClN2/c1-14(2)6-9(14)8-18-12-5-10(15)3-4-11(12)17-13(18)7-16/h3-5,9H,6-8H2,1-2H3. The molecule has 1 aliphatic carbocycles. The first-order chi connectivity index (χ1) is 8.51. The molecule has 2 aromatic rings. The second-order valence-corrected chi connectivity index (χ2v) is 6.98. The van der Waals surface area contributed by atoms with Crippen molar-refractivity contribution in [3.05, 3.63) is 28.5 Å². The molecule has 96 valence electrons. The molecule has 4 heteroatoms. The molecule has 1 heterocycles. The number of rotatable bonds is 3. The molecule has 1 aromatic carbocycles. The third-order valence-corrected chi connectivity index (χ3v) is 4.76. The van der Waals surface area contributed by atoms with Crippen LogP contribution < -0.4 is 0 Å². The Balaban J connectivity index is 2.05. The van der Waals surface area contributed by atoms with E-state index in [4.69, 9.17) is 11.6 Å². The Labute approximate surface area is 120 Å². The van der Waals surface area contributed by atoms with Gasteiger partial charge in [0.05, 0.1) is 16.9 Å². The molecule has 1 saturated carbocycles. The lowest BCUT2D eigenvalue weighted by molar-refractivity contribution is 0.498. The normalized spacial score (nSPS) is 21.4. The van der Waals surface area contributed by atoms with Crippen LogP contribution in [-0.4, -0.2) is 9.55 Å². The second kappa shape index (κ2) is 4.24. The number of halogens is 2. The van der Waals surface area contributed by atoms with Crippen LogP contribution in [0, 0.1) is 11.3 Å². The largest absolute Gasteiger partial charge is 0.327 e. The molecule has 1 atom stereocenters. The van der Waals surface area contributed by atoms with E-state index < -0.39 is 0 Å². The van der Waals surface area contributed by atoms with Crippen LogP contribution in [0.5, 0.6) is 0 Å². The predicted molar refractivity (Wildman–Crippen MR) is 78.9 cm³/mol. The first-order valence-corrected chi connectivity index (χ1v) is 7.54. The van der Waals surface area contributed by atoms with Crippen LogP contribution in [0.2, 0.25) is 0 Å². The van der Waals surface area contributed by atoms with E-state index in [0.717, 1.165) is 28.3 Å². The second-order valence-electron chi connectivity index (χ2n) is 5.79. The minimum Gasteiger partial charge on any atom is -0.327 e. The Morgan fingerprint density at radius 2 is 2.22 bits per heavy atom. The number of nitrogens with zero attached hydrogens (tertiary/aromatic N) is 2. The molecule has 0 N–H and O–H groups in total. The third-order valence-electron chi connectivity index (χ3n) is 4.03. The van der Waals surface area contributed by atoms with Gasteiger partial charge in [-0.05, 0) is 36.0 Å². The monoisotopic (exact) mass is 326 g/mol. The Hall–Kier alpha value is -0.540. The van der Waals surface area contributed by atoms with Gasteiger partial charge in [-0.1, -0.05) is 29.8 Å². The number of fused-ring (bicyclic) bond motifs is 1. The van der Waals surface area contributed by atoms with Crippen LogP contribution in [0.25, 0.3) is 11.0 Å².